The van der Waals surface area contributed by atoms with E-state index in [2.05, 4.69) is 10.3 Å². The van der Waals surface area contributed by atoms with E-state index in [0.717, 1.165) is 31.2 Å². The lowest BCUT2D eigenvalue weighted by Gasteiger charge is -2.28. The van der Waals surface area contributed by atoms with Crippen molar-refractivity contribution in [3.8, 4) is 0 Å². The van der Waals surface area contributed by atoms with E-state index in [-0.39, 0.29) is 17.4 Å². The Bertz CT molecular complexity index is 399. The molecule has 0 spiro atoms. The Labute approximate surface area is 108 Å². The van der Waals surface area contributed by atoms with Crippen molar-refractivity contribution < 1.29 is 4.79 Å². The number of aromatic nitrogens is 1. The Morgan fingerprint density at radius 3 is 2.61 bits per heavy atom. The zero-order valence-electron chi connectivity index (χ0n) is 10.9. The topological polar surface area (TPSA) is 68.0 Å². The van der Waals surface area contributed by atoms with Crippen LogP contribution in [-0.4, -0.2) is 17.4 Å². The molecule has 1 heterocycles. The fourth-order valence-corrected chi connectivity index (χ4v) is 2.66. The van der Waals surface area contributed by atoms with Gasteiger partial charge in [0.2, 0.25) is 5.91 Å². The predicted octanol–water partition coefficient (Wildman–Crippen LogP) is 1.78. The summed E-state index contributed by atoms with van der Waals surface area (Å²) in [7, 11) is 0. The number of hydrogen-bond donors (Lipinski definition) is 2. The highest BCUT2D eigenvalue weighted by atomic mass is 16.2. The van der Waals surface area contributed by atoms with Gasteiger partial charge in [-0.15, -0.1) is 0 Å². The normalized spacial score (nSPS) is 19.4. The van der Waals surface area contributed by atoms with Gasteiger partial charge >= 0.3 is 0 Å². The molecule has 1 aliphatic rings. The zero-order chi connectivity index (χ0) is 13.0. The number of nitrogens with one attached hydrogen (secondary N) is 1. The predicted molar refractivity (Wildman–Crippen MR) is 70.8 cm³/mol. The summed E-state index contributed by atoms with van der Waals surface area (Å²) in [5.41, 5.74) is 6.55. The summed E-state index contributed by atoms with van der Waals surface area (Å²) in [6.45, 7) is 2.44. The van der Waals surface area contributed by atoms with E-state index in [4.69, 9.17) is 5.73 Å². The second-order valence-electron chi connectivity index (χ2n) is 5.17. The average molecular weight is 247 g/mol. The number of carbonyl (C=O) groups excluding carboxylic acids is 1. The third-order valence-electron chi connectivity index (χ3n) is 3.99. The minimum absolute atomic E-state index is 0.00419. The number of amides is 1. The number of hydrogen-bond acceptors (Lipinski definition) is 3. The van der Waals surface area contributed by atoms with Crippen molar-refractivity contribution in [2.75, 3.05) is 6.54 Å². The van der Waals surface area contributed by atoms with Gasteiger partial charge in [-0.3, -0.25) is 9.78 Å². The molecule has 4 nitrogen and oxygen atoms in total. The van der Waals surface area contributed by atoms with Gasteiger partial charge < -0.3 is 11.1 Å². The van der Waals surface area contributed by atoms with E-state index in [1.165, 1.54) is 0 Å². The smallest absolute Gasteiger partial charge is 0.227 e. The number of pyridine rings is 1. The second kappa shape index (κ2) is 5.48. The molecule has 1 fully saturated rings. The van der Waals surface area contributed by atoms with Gasteiger partial charge in [0.25, 0.3) is 0 Å². The van der Waals surface area contributed by atoms with Crippen molar-refractivity contribution in [2.24, 2.45) is 11.1 Å². The Morgan fingerprint density at radius 2 is 2.06 bits per heavy atom. The first-order chi connectivity index (χ1) is 8.68. The summed E-state index contributed by atoms with van der Waals surface area (Å²) >= 11 is 0. The maximum atomic E-state index is 12.4. The van der Waals surface area contributed by atoms with Crippen LogP contribution in [0.3, 0.4) is 0 Å². The third-order valence-corrected chi connectivity index (χ3v) is 3.99. The third kappa shape index (κ3) is 2.53. The van der Waals surface area contributed by atoms with E-state index in [1.807, 2.05) is 19.1 Å². The highest BCUT2D eigenvalue weighted by Gasteiger charge is 2.40. The van der Waals surface area contributed by atoms with Crippen LogP contribution in [-0.2, 0) is 4.79 Å². The fraction of sp³-hybridized carbons (Fsp3) is 0.571. The number of carbonyl (C=O) groups is 1. The molecule has 0 aliphatic heterocycles. The molecular formula is C14H21N3O. The molecule has 0 bridgehead atoms. The lowest BCUT2D eigenvalue weighted by molar-refractivity contribution is -0.131. The molecule has 0 aromatic carbocycles. The maximum absolute atomic E-state index is 12.4. The van der Waals surface area contributed by atoms with E-state index >= 15 is 0 Å². The monoisotopic (exact) mass is 247 g/mol. The summed E-state index contributed by atoms with van der Waals surface area (Å²) in [5.74, 6) is 0.104. The van der Waals surface area contributed by atoms with Gasteiger partial charge in [0.1, 0.15) is 0 Å². The molecule has 1 saturated carbocycles. The molecule has 4 heteroatoms. The first-order valence-electron chi connectivity index (χ1n) is 6.59. The Morgan fingerprint density at radius 1 is 1.44 bits per heavy atom. The molecular weight excluding hydrogens is 226 g/mol. The molecule has 1 unspecified atom stereocenters. The van der Waals surface area contributed by atoms with Crippen molar-refractivity contribution in [2.45, 2.75) is 38.6 Å². The molecule has 98 valence electrons. The molecule has 1 atom stereocenters. The molecule has 1 aromatic heterocycles. The van der Waals surface area contributed by atoms with Crippen LogP contribution in [0.5, 0.6) is 0 Å². The second-order valence-corrected chi connectivity index (χ2v) is 5.17. The van der Waals surface area contributed by atoms with E-state index in [0.29, 0.717) is 6.54 Å². The van der Waals surface area contributed by atoms with Gasteiger partial charge in [0, 0.05) is 18.9 Å². The minimum Gasteiger partial charge on any atom is -0.349 e. The highest BCUT2D eigenvalue weighted by Crippen LogP contribution is 2.37. The van der Waals surface area contributed by atoms with Gasteiger partial charge in [-0.2, -0.15) is 0 Å². The van der Waals surface area contributed by atoms with Crippen molar-refractivity contribution >= 4 is 5.91 Å². The number of rotatable bonds is 4. The van der Waals surface area contributed by atoms with Gasteiger partial charge in [-0.1, -0.05) is 12.8 Å². The van der Waals surface area contributed by atoms with Crippen molar-refractivity contribution in [3.63, 3.8) is 0 Å². The van der Waals surface area contributed by atoms with Crippen LogP contribution in [0.25, 0.3) is 0 Å². The molecule has 1 aromatic rings. The Hall–Kier alpha value is -1.42. The lowest BCUT2D eigenvalue weighted by atomic mass is 9.85. The molecule has 18 heavy (non-hydrogen) atoms. The average Bonchev–Trinajstić information content (AvgIpc) is 2.89. The first kappa shape index (κ1) is 13.0. The molecule has 3 N–H and O–H groups in total. The quantitative estimate of drug-likeness (QED) is 0.852. The molecule has 1 aliphatic carbocycles. The standard InChI is InChI=1S/C14H21N3O/c1-11(12-4-8-16-9-5-12)17-13(18)14(10-15)6-2-3-7-14/h4-5,8-9,11H,2-3,6-7,10,15H2,1H3,(H,17,18). The van der Waals surface area contributed by atoms with Crippen LogP contribution < -0.4 is 11.1 Å². The van der Waals surface area contributed by atoms with Gasteiger partial charge in [-0.25, -0.2) is 0 Å². The number of nitrogens with zero attached hydrogens (tertiary/aromatic N) is 1. The van der Waals surface area contributed by atoms with Crippen LogP contribution in [0.2, 0.25) is 0 Å². The van der Waals surface area contributed by atoms with Gasteiger partial charge in [0.05, 0.1) is 11.5 Å². The SMILES string of the molecule is CC(NC(=O)C1(CN)CCCC1)c1ccncc1. The van der Waals surface area contributed by atoms with Crippen molar-refractivity contribution in [1.29, 1.82) is 0 Å². The van der Waals surface area contributed by atoms with Crippen LogP contribution in [0.15, 0.2) is 24.5 Å². The Balaban J connectivity index is 2.03. The van der Waals surface area contributed by atoms with Crippen LogP contribution in [0.1, 0.15) is 44.2 Å². The molecule has 1 amide bonds. The van der Waals surface area contributed by atoms with Crippen LogP contribution in [0, 0.1) is 5.41 Å². The van der Waals surface area contributed by atoms with E-state index in [1.54, 1.807) is 12.4 Å². The van der Waals surface area contributed by atoms with Crippen LogP contribution in [0.4, 0.5) is 0 Å². The minimum atomic E-state index is -0.332. The first-order valence-corrected chi connectivity index (χ1v) is 6.59. The van der Waals surface area contributed by atoms with Crippen molar-refractivity contribution in [3.05, 3.63) is 30.1 Å². The van der Waals surface area contributed by atoms with E-state index < -0.39 is 0 Å². The summed E-state index contributed by atoms with van der Waals surface area (Å²) in [6, 6.07) is 3.85. The van der Waals surface area contributed by atoms with Crippen LogP contribution >= 0.6 is 0 Å². The largest absolute Gasteiger partial charge is 0.349 e. The molecule has 0 saturated heterocycles. The highest BCUT2D eigenvalue weighted by molar-refractivity contribution is 5.83. The zero-order valence-corrected chi connectivity index (χ0v) is 10.9. The summed E-state index contributed by atoms with van der Waals surface area (Å²) in [5, 5.41) is 3.08. The molecule has 0 radical (unpaired) electrons. The lowest BCUT2D eigenvalue weighted by Crippen LogP contribution is -2.44. The molecule has 2 rings (SSSR count). The summed E-state index contributed by atoms with van der Waals surface area (Å²) in [4.78, 5) is 16.4. The Kier molecular flexibility index (Phi) is 3.97. The van der Waals surface area contributed by atoms with Gasteiger partial charge in [0.15, 0.2) is 0 Å². The maximum Gasteiger partial charge on any atom is 0.227 e. The van der Waals surface area contributed by atoms with E-state index in [9.17, 15) is 4.79 Å². The fourth-order valence-electron chi connectivity index (χ4n) is 2.66. The van der Waals surface area contributed by atoms with Crippen molar-refractivity contribution in [1.82, 2.24) is 10.3 Å². The van der Waals surface area contributed by atoms with Gasteiger partial charge in [-0.05, 0) is 37.5 Å². The summed E-state index contributed by atoms with van der Waals surface area (Å²) < 4.78 is 0. The summed E-state index contributed by atoms with van der Waals surface area (Å²) in [6.07, 6.45) is 7.53. The number of nitrogens with two attached hydrogens (primary N) is 1.